The van der Waals surface area contributed by atoms with Crippen LogP contribution in [0, 0.1) is 5.92 Å². The number of rotatable bonds is 5. The van der Waals surface area contributed by atoms with Crippen molar-refractivity contribution in [2.75, 3.05) is 0 Å². The topological polar surface area (TPSA) is 61.7 Å². The zero-order valence-corrected chi connectivity index (χ0v) is 13.1. The van der Waals surface area contributed by atoms with Crippen molar-refractivity contribution in [2.45, 2.75) is 25.7 Å². The summed E-state index contributed by atoms with van der Waals surface area (Å²) in [4.78, 5) is 12.2. The molecule has 2 atom stereocenters. The summed E-state index contributed by atoms with van der Waals surface area (Å²) in [7, 11) is 0. The molecule has 1 aliphatic carbocycles. The number of hydrazone groups is 1. The highest BCUT2D eigenvalue weighted by atomic mass is 16.3. The van der Waals surface area contributed by atoms with Crippen LogP contribution >= 0.6 is 0 Å². The lowest BCUT2D eigenvalue weighted by atomic mass is 10.1. The normalized spacial score (nSPS) is 20.1. The SMILES string of the molecule is CC/C(=N\NC(=O)[C@@H]1C[C@@H]1c1ccccc1)c1ccc(O)cc1. The van der Waals surface area contributed by atoms with Crippen LogP contribution in [-0.2, 0) is 4.79 Å². The smallest absolute Gasteiger partial charge is 0.243 e. The Bertz CT molecular complexity index is 708. The minimum absolute atomic E-state index is 0.0130. The highest BCUT2D eigenvalue weighted by Gasteiger charge is 2.43. The zero-order valence-electron chi connectivity index (χ0n) is 13.1. The number of phenolic OH excluding ortho intramolecular Hbond substituents is 1. The maximum Gasteiger partial charge on any atom is 0.243 e. The summed E-state index contributed by atoms with van der Waals surface area (Å²) in [6, 6.07) is 17.0. The van der Waals surface area contributed by atoms with Crippen LogP contribution in [0.1, 0.15) is 36.8 Å². The Morgan fingerprint density at radius 2 is 1.87 bits per heavy atom. The van der Waals surface area contributed by atoms with Gasteiger partial charge < -0.3 is 5.11 Å². The predicted molar refractivity (Wildman–Crippen MR) is 90.4 cm³/mol. The van der Waals surface area contributed by atoms with Gasteiger partial charge in [0, 0.05) is 5.92 Å². The van der Waals surface area contributed by atoms with Gasteiger partial charge in [-0.3, -0.25) is 4.79 Å². The van der Waals surface area contributed by atoms with Crippen LogP contribution in [-0.4, -0.2) is 16.7 Å². The van der Waals surface area contributed by atoms with E-state index in [1.54, 1.807) is 24.3 Å². The van der Waals surface area contributed by atoms with Gasteiger partial charge in [-0.05, 0) is 54.2 Å². The Kier molecular flexibility index (Phi) is 4.42. The second kappa shape index (κ2) is 6.65. The first kappa shape index (κ1) is 15.3. The first-order chi connectivity index (χ1) is 11.2. The molecule has 0 aromatic heterocycles. The molecule has 0 radical (unpaired) electrons. The first-order valence-electron chi connectivity index (χ1n) is 7.89. The molecular weight excluding hydrogens is 288 g/mol. The number of nitrogens with one attached hydrogen (secondary N) is 1. The van der Waals surface area contributed by atoms with Crippen molar-refractivity contribution < 1.29 is 9.90 Å². The Balaban J connectivity index is 1.63. The fourth-order valence-corrected chi connectivity index (χ4v) is 2.76. The molecule has 2 aromatic rings. The van der Waals surface area contributed by atoms with Crippen LogP contribution in [0.25, 0.3) is 0 Å². The number of carbonyl (C=O) groups is 1. The molecule has 2 N–H and O–H groups in total. The van der Waals surface area contributed by atoms with Crippen LogP contribution in [0.3, 0.4) is 0 Å². The molecule has 23 heavy (non-hydrogen) atoms. The highest BCUT2D eigenvalue weighted by molar-refractivity contribution is 6.01. The van der Waals surface area contributed by atoms with Gasteiger partial charge in [-0.25, -0.2) is 5.43 Å². The molecule has 0 heterocycles. The molecule has 0 saturated heterocycles. The second-order valence-electron chi connectivity index (χ2n) is 5.79. The van der Waals surface area contributed by atoms with E-state index < -0.39 is 0 Å². The molecule has 1 aliphatic rings. The summed E-state index contributed by atoms with van der Waals surface area (Å²) < 4.78 is 0. The van der Waals surface area contributed by atoms with E-state index in [1.807, 2.05) is 25.1 Å². The van der Waals surface area contributed by atoms with Crippen LogP contribution in [0.5, 0.6) is 5.75 Å². The van der Waals surface area contributed by atoms with E-state index in [9.17, 15) is 9.90 Å². The number of nitrogens with zero attached hydrogens (tertiary/aromatic N) is 1. The maximum absolute atomic E-state index is 12.2. The van der Waals surface area contributed by atoms with Crippen molar-refractivity contribution in [3.8, 4) is 5.75 Å². The van der Waals surface area contributed by atoms with E-state index >= 15 is 0 Å². The molecule has 4 nitrogen and oxygen atoms in total. The molecule has 118 valence electrons. The summed E-state index contributed by atoms with van der Waals surface area (Å²) >= 11 is 0. The van der Waals surface area contributed by atoms with Gasteiger partial charge in [-0.2, -0.15) is 5.10 Å². The van der Waals surface area contributed by atoms with Gasteiger partial charge in [0.1, 0.15) is 5.75 Å². The Hall–Kier alpha value is -2.62. The first-order valence-corrected chi connectivity index (χ1v) is 7.89. The van der Waals surface area contributed by atoms with Crippen molar-refractivity contribution in [3.63, 3.8) is 0 Å². The minimum atomic E-state index is -0.0245. The molecule has 1 amide bonds. The molecule has 1 fully saturated rings. The molecule has 0 unspecified atom stereocenters. The van der Waals surface area contributed by atoms with E-state index in [-0.39, 0.29) is 17.6 Å². The van der Waals surface area contributed by atoms with E-state index in [4.69, 9.17) is 0 Å². The van der Waals surface area contributed by atoms with Crippen LogP contribution in [0.2, 0.25) is 0 Å². The number of phenols is 1. The van der Waals surface area contributed by atoms with Gasteiger partial charge in [-0.1, -0.05) is 37.3 Å². The number of carbonyl (C=O) groups excluding carboxylic acids is 1. The Morgan fingerprint density at radius 1 is 1.17 bits per heavy atom. The lowest BCUT2D eigenvalue weighted by Crippen LogP contribution is -2.22. The number of hydrogen-bond acceptors (Lipinski definition) is 3. The number of hydrogen-bond donors (Lipinski definition) is 2. The highest BCUT2D eigenvalue weighted by Crippen LogP contribution is 2.47. The van der Waals surface area contributed by atoms with Gasteiger partial charge in [0.25, 0.3) is 0 Å². The zero-order chi connectivity index (χ0) is 16.2. The van der Waals surface area contributed by atoms with Gasteiger partial charge >= 0.3 is 0 Å². The molecule has 3 rings (SSSR count). The Labute approximate surface area is 135 Å². The van der Waals surface area contributed by atoms with Crippen LogP contribution in [0.15, 0.2) is 59.7 Å². The van der Waals surface area contributed by atoms with E-state index in [1.165, 1.54) is 5.56 Å². The quantitative estimate of drug-likeness (QED) is 0.656. The van der Waals surface area contributed by atoms with Crippen molar-refractivity contribution in [1.29, 1.82) is 0 Å². The average Bonchev–Trinajstić information content (AvgIpc) is 3.38. The number of benzene rings is 2. The molecule has 2 aromatic carbocycles. The van der Waals surface area contributed by atoms with Crippen LogP contribution < -0.4 is 5.43 Å². The molecular formula is C19H20N2O2. The van der Waals surface area contributed by atoms with Crippen molar-refractivity contribution in [1.82, 2.24) is 5.43 Å². The number of aromatic hydroxyl groups is 1. The predicted octanol–water partition coefficient (Wildman–Crippen LogP) is 3.43. The monoisotopic (exact) mass is 308 g/mol. The van der Waals surface area contributed by atoms with Gasteiger partial charge in [-0.15, -0.1) is 0 Å². The molecule has 0 aliphatic heterocycles. The lowest BCUT2D eigenvalue weighted by Gasteiger charge is -2.05. The molecule has 0 bridgehead atoms. The van der Waals surface area contributed by atoms with E-state index in [0.717, 1.165) is 17.7 Å². The summed E-state index contributed by atoms with van der Waals surface area (Å²) in [6.07, 6.45) is 1.59. The number of amides is 1. The fraction of sp³-hybridized carbons (Fsp3) is 0.263. The van der Waals surface area contributed by atoms with Crippen molar-refractivity contribution in [2.24, 2.45) is 11.0 Å². The minimum Gasteiger partial charge on any atom is -0.508 e. The van der Waals surface area contributed by atoms with Gasteiger partial charge in [0.15, 0.2) is 0 Å². The van der Waals surface area contributed by atoms with Gasteiger partial charge in [0.05, 0.1) is 5.71 Å². The van der Waals surface area contributed by atoms with E-state index in [0.29, 0.717) is 12.3 Å². The fourth-order valence-electron chi connectivity index (χ4n) is 2.76. The Morgan fingerprint density at radius 3 is 2.52 bits per heavy atom. The second-order valence-corrected chi connectivity index (χ2v) is 5.79. The average molecular weight is 308 g/mol. The van der Waals surface area contributed by atoms with Crippen molar-refractivity contribution >= 4 is 11.6 Å². The third-order valence-electron chi connectivity index (χ3n) is 4.19. The van der Waals surface area contributed by atoms with E-state index in [2.05, 4.69) is 22.7 Å². The molecule has 1 saturated carbocycles. The maximum atomic E-state index is 12.2. The summed E-state index contributed by atoms with van der Waals surface area (Å²) in [5, 5.41) is 13.6. The molecule has 4 heteroatoms. The summed E-state index contributed by atoms with van der Waals surface area (Å²) in [5.74, 6) is 0.518. The molecule has 0 spiro atoms. The standard InChI is InChI=1S/C19H20N2O2/c1-2-18(14-8-10-15(22)11-9-14)20-21-19(23)17-12-16(17)13-6-4-3-5-7-13/h3-11,16-17,22H,2,12H2,1H3,(H,21,23)/b20-18+/t16-,17-/m1/s1. The third-order valence-corrected chi connectivity index (χ3v) is 4.19. The lowest BCUT2D eigenvalue weighted by molar-refractivity contribution is -0.122. The summed E-state index contributed by atoms with van der Waals surface area (Å²) in [6.45, 7) is 1.99. The van der Waals surface area contributed by atoms with Gasteiger partial charge in [0.2, 0.25) is 5.91 Å². The van der Waals surface area contributed by atoms with Crippen LogP contribution in [0.4, 0.5) is 0 Å². The summed E-state index contributed by atoms with van der Waals surface area (Å²) in [5.41, 5.74) is 5.61. The third kappa shape index (κ3) is 3.59. The largest absolute Gasteiger partial charge is 0.508 e. The van der Waals surface area contributed by atoms with Crippen molar-refractivity contribution in [3.05, 3.63) is 65.7 Å².